The van der Waals surface area contributed by atoms with Crippen LogP contribution in [0.15, 0.2) is 46.9 Å². The van der Waals surface area contributed by atoms with Crippen molar-refractivity contribution in [3.8, 4) is 5.75 Å². The Balaban J connectivity index is 2.25. The summed E-state index contributed by atoms with van der Waals surface area (Å²) in [4.78, 5) is 0. The Morgan fingerprint density at radius 1 is 1.20 bits per heavy atom. The van der Waals surface area contributed by atoms with Crippen molar-refractivity contribution < 1.29 is 9.13 Å². The van der Waals surface area contributed by atoms with Crippen molar-refractivity contribution in [2.45, 2.75) is 19.1 Å². The Kier molecular flexibility index (Phi) is 5.02. The van der Waals surface area contributed by atoms with Crippen LogP contribution >= 0.6 is 27.5 Å². The topological polar surface area (TPSA) is 35.2 Å². The summed E-state index contributed by atoms with van der Waals surface area (Å²) >= 11 is 9.01. The first-order valence-electron chi connectivity index (χ1n) is 6.10. The molecule has 0 aliphatic heterocycles. The van der Waals surface area contributed by atoms with Gasteiger partial charge in [0.05, 0.1) is 4.47 Å². The predicted octanol–water partition coefficient (Wildman–Crippen LogP) is 4.71. The molecule has 0 aromatic heterocycles. The van der Waals surface area contributed by atoms with E-state index >= 15 is 0 Å². The molecule has 5 heteroatoms. The summed E-state index contributed by atoms with van der Waals surface area (Å²) in [5, 5.41) is 0.654. The van der Waals surface area contributed by atoms with Gasteiger partial charge in [-0.2, -0.15) is 0 Å². The van der Waals surface area contributed by atoms with Crippen molar-refractivity contribution in [2.24, 2.45) is 5.73 Å². The molecule has 0 aliphatic carbocycles. The van der Waals surface area contributed by atoms with Crippen LogP contribution in [-0.2, 0) is 0 Å². The minimum absolute atomic E-state index is 0.222. The monoisotopic (exact) mass is 357 g/mol. The number of rotatable bonds is 4. The van der Waals surface area contributed by atoms with Crippen LogP contribution in [0.4, 0.5) is 4.39 Å². The van der Waals surface area contributed by atoms with Crippen LogP contribution in [0.3, 0.4) is 0 Å². The fraction of sp³-hybridized carbons (Fsp3) is 0.200. The molecule has 2 aromatic carbocycles. The molecule has 0 bridgehead atoms. The molecular formula is C15H14BrClFNO. The third-order valence-electron chi connectivity index (χ3n) is 2.83. The van der Waals surface area contributed by atoms with Crippen molar-refractivity contribution in [1.82, 2.24) is 0 Å². The molecule has 20 heavy (non-hydrogen) atoms. The summed E-state index contributed by atoms with van der Waals surface area (Å²) < 4.78 is 19.4. The van der Waals surface area contributed by atoms with Crippen molar-refractivity contribution in [2.75, 3.05) is 0 Å². The molecule has 2 unspecified atom stereocenters. The van der Waals surface area contributed by atoms with Crippen molar-refractivity contribution >= 4 is 27.5 Å². The van der Waals surface area contributed by atoms with Gasteiger partial charge in [-0.05, 0) is 58.7 Å². The van der Waals surface area contributed by atoms with E-state index in [1.807, 2.05) is 19.1 Å². The molecule has 0 radical (unpaired) electrons. The van der Waals surface area contributed by atoms with E-state index < -0.39 is 0 Å². The van der Waals surface area contributed by atoms with E-state index in [0.717, 1.165) is 5.56 Å². The normalized spacial score (nSPS) is 13.8. The highest BCUT2D eigenvalue weighted by Gasteiger charge is 2.18. The van der Waals surface area contributed by atoms with E-state index in [1.54, 1.807) is 24.3 Å². The first-order valence-corrected chi connectivity index (χ1v) is 7.27. The van der Waals surface area contributed by atoms with E-state index in [4.69, 9.17) is 22.1 Å². The number of halogens is 3. The van der Waals surface area contributed by atoms with Gasteiger partial charge in [0.2, 0.25) is 0 Å². The molecule has 0 saturated heterocycles. The maximum Gasteiger partial charge on any atom is 0.138 e. The van der Waals surface area contributed by atoms with E-state index in [-0.39, 0.29) is 18.0 Å². The van der Waals surface area contributed by atoms with Gasteiger partial charge >= 0.3 is 0 Å². The van der Waals surface area contributed by atoms with Crippen LogP contribution in [0.25, 0.3) is 0 Å². The highest BCUT2D eigenvalue weighted by atomic mass is 79.9. The Morgan fingerprint density at radius 2 is 1.85 bits per heavy atom. The molecule has 0 amide bonds. The average Bonchev–Trinajstić information content (AvgIpc) is 2.41. The minimum Gasteiger partial charge on any atom is -0.484 e. The van der Waals surface area contributed by atoms with Gasteiger partial charge in [0, 0.05) is 11.1 Å². The second kappa shape index (κ2) is 6.57. The first kappa shape index (κ1) is 15.3. The second-order valence-electron chi connectivity index (χ2n) is 4.53. The molecule has 0 aliphatic rings. The lowest BCUT2D eigenvalue weighted by molar-refractivity contribution is 0.180. The molecule has 0 spiro atoms. The van der Waals surface area contributed by atoms with Crippen LogP contribution in [-0.4, -0.2) is 6.04 Å². The Bertz CT molecular complexity index is 589. The number of ether oxygens (including phenoxy) is 1. The maximum atomic E-state index is 13.2. The molecule has 2 rings (SSSR count). The van der Waals surface area contributed by atoms with E-state index in [0.29, 0.717) is 15.2 Å². The summed E-state index contributed by atoms with van der Waals surface area (Å²) in [7, 11) is 0. The molecule has 2 aromatic rings. The fourth-order valence-electron chi connectivity index (χ4n) is 1.83. The summed E-state index contributed by atoms with van der Waals surface area (Å²) in [5.41, 5.74) is 6.90. The van der Waals surface area contributed by atoms with Crippen molar-refractivity contribution in [1.29, 1.82) is 0 Å². The standard InChI is InChI=1S/C15H14BrClFNO/c1-9(19)15(10-2-4-11(17)5-3-10)20-12-6-7-14(18)13(16)8-12/h2-9,15H,19H2,1H3. The van der Waals surface area contributed by atoms with Crippen LogP contribution < -0.4 is 10.5 Å². The van der Waals surface area contributed by atoms with Gasteiger partial charge in [-0.25, -0.2) is 4.39 Å². The molecule has 0 fully saturated rings. The molecule has 106 valence electrons. The zero-order valence-electron chi connectivity index (χ0n) is 10.8. The summed E-state index contributed by atoms with van der Waals surface area (Å²) in [6.07, 6.45) is -0.329. The average molecular weight is 359 g/mol. The summed E-state index contributed by atoms with van der Waals surface area (Å²) in [6, 6.07) is 11.6. The first-order chi connectivity index (χ1) is 9.47. The highest BCUT2D eigenvalue weighted by Crippen LogP contribution is 2.28. The van der Waals surface area contributed by atoms with Crippen molar-refractivity contribution in [3.63, 3.8) is 0 Å². The predicted molar refractivity (Wildman–Crippen MR) is 82.6 cm³/mol. The smallest absolute Gasteiger partial charge is 0.138 e. The van der Waals surface area contributed by atoms with Crippen molar-refractivity contribution in [3.05, 3.63) is 63.3 Å². The van der Waals surface area contributed by atoms with Gasteiger partial charge in [-0.1, -0.05) is 23.7 Å². The lowest BCUT2D eigenvalue weighted by Crippen LogP contribution is -2.29. The molecule has 2 N–H and O–H groups in total. The maximum absolute atomic E-state index is 13.2. The quantitative estimate of drug-likeness (QED) is 0.859. The van der Waals surface area contributed by atoms with Crippen LogP contribution in [0.2, 0.25) is 5.02 Å². The summed E-state index contributed by atoms with van der Waals surface area (Å²) in [5.74, 6) is 0.219. The highest BCUT2D eigenvalue weighted by molar-refractivity contribution is 9.10. The third kappa shape index (κ3) is 3.72. The molecular weight excluding hydrogens is 345 g/mol. The number of hydrogen-bond donors (Lipinski definition) is 1. The van der Waals surface area contributed by atoms with E-state index in [2.05, 4.69) is 15.9 Å². The lowest BCUT2D eigenvalue weighted by Gasteiger charge is -2.23. The van der Waals surface area contributed by atoms with E-state index in [1.165, 1.54) is 6.07 Å². The number of nitrogens with two attached hydrogens (primary N) is 1. The van der Waals surface area contributed by atoms with Gasteiger partial charge in [0.15, 0.2) is 0 Å². The van der Waals surface area contributed by atoms with E-state index in [9.17, 15) is 4.39 Å². The minimum atomic E-state index is -0.332. The fourth-order valence-corrected chi connectivity index (χ4v) is 2.31. The summed E-state index contributed by atoms with van der Waals surface area (Å²) in [6.45, 7) is 1.86. The van der Waals surface area contributed by atoms with Gasteiger partial charge in [0.25, 0.3) is 0 Å². The Labute approximate surface area is 130 Å². The molecule has 0 heterocycles. The SMILES string of the molecule is CC(N)C(Oc1ccc(F)c(Br)c1)c1ccc(Cl)cc1. The van der Waals surface area contributed by atoms with Crippen LogP contribution in [0.5, 0.6) is 5.75 Å². The molecule has 2 nitrogen and oxygen atoms in total. The molecule has 0 saturated carbocycles. The van der Waals surface area contributed by atoms with Crippen LogP contribution in [0, 0.1) is 5.82 Å². The Hall–Kier alpha value is -1.10. The lowest BCUT2D eigenvalue weighted by atomic mass is 10.0. The number of benzene rings is 2. The number of hydrogen-bond acceptors (Lipinski definition) is 2. The van der Waals surface area contributed by atoms with Gasteiger partial charge in [-0.15, -0.1) is 0 Å². The zero-order valence-corrected chi connectivity index (χ0v) is 13.2. The third-order valence-corrected chi connectivity index (χ3v) is 3.69. The van der Waals surface area contributed by atoms with Gasteiger partial charge < -0.3 is 10.5 Å². The second-order valence-corrected chi connectivity index (χ2v) is 5.82. The molecule has 2 atom stereocenters. The zero-order chi connectivity index (χ0) is 14.7. The van der Waals surface area contributed by atoms with Crippen LogP contribution in [0.1, 0.15) is 18.6 Å². The van der Waals surface area contributed by atoms with Gasteiger partial charge in [0.1, 0.15) is 17.7 Å². The largest absolute Gasteiger partial charge is 0.484 e. The Morgan fingerprint density at radius 3 is 2.40 bits per heavy atom. The van der Waals surface area contributed by atoms with Gasteiger partial charge in [-0.3, -0.25) is 0 Å².